The third kappa shape index (κ3) is 1.50. The second kappa shape index (κ2) is 3.23. The first kappa shape index (κ1) is 10.5. The lowest BCUT2D eigenvalue weighted by Crippen LogP contribution is -2.50. The van der Waals surface area contributed by atoms with Crippen molar-refractivity contribution in [1.29, 1.82) is 0 Å². The molecule has 0 spiro atoms. The van der Waals surface area contributed by atoms with E-state index >= 15 is 0 Å². The Bertz CT molecular complexity index is 217. The van der Waals surface area contributed by atoms with Crippen LogP contribution in [0.4, 0.5) is 0 Å². The van der Waals surface area contributed by atoms with Gasteiger partial charge in [-0.15, -0.1) is 0 Å². The van der Waals surface area contributed by atoms with Gasteiger partial charge in [0, 0.05) is 0 Å². The minimum absolute atomic E-state index is 0.0379. The topological polar surface area (TPSA) is 20.2 Å². The van der Waals surface area contributed by atoms with Crippen LogP contribution in [0, 0.1) is 16.7 Å². The minimum atomic E-state index is -0.0379. The molecule has 2 fully saturated rings. The molecule has 2 saturated carbocycles. The number of rotatable bonds is 0. The largest absolute Gasteiger partial charge is 0.393 e. The van der Waals surface area contributed by atoms with E-state index in [1.807, 2.05) is 0 Å². The fourth-order valence-electron chi connectivity index (χ4n) is 4.35. The molecule has 0 aliphatic heterocycles. The number of fused-ring (bicyclic) bond motifs is 1. The molecule has 2 aliphatic rings. The Morgan fingerprint density at radius 3 is 2.29 bits per heavy atom. The van der Waals surface area contributed by atoms with E-state index < -0.39 is 0 Å². The maximum absolute atomic E-state index is 10.2. The third-order valence-electron chi connectivity index (χ3n) is 4.79. The van der Waals surface area contributed by atoms with Crippen molar-refractivity contribution < 1.29 is 5.11 Å². The Morgan fingerprint density at radius 2 is 1.64 bits per heavy atom. The summed E-state index contributed by atoms with van der Waals surface area (Å²) in [5.74, 6) is 0.539. The summed E-state index contributed by atoms with van der Waals surface area (Å²) in [6.07, 6.45) is 7.53. The van der Waals surface area contributed by atoms with Crippen LogP contribution in [0.25, 0.3) is 0 Å². The van der Waals surface area contributed by atoms with Crippen molar-refractivity contribution in [2.45, 2.75) is 65.4 Å². The molecular weight excluding hydrogens is 172 g/mol. The molecule has 0 aromatic rings. The van der Waals surface area contributed by atoms with Crippen molar-refractivity contribution in [3.63, 3.8) is 0 Å². The van der Waals surface area contributed by atoms with Gasteiger partial charge >= 0.3 is 0 Å². The van der Waals surface area contributed by atoms with Crippen molar-refractivity contribution in [2.24, 2.45) is 16.7 Å². The lowest BCUT2D eigenvalue weighted by molar-refractivity contribution is -0.109. The highest BCUT2D eigenvalue weighted by atomic mass is 16.3. The average molecular weight is 196 g/mol. The number of hydrogen-bond acceptors (Lipinski definition) is 1. The summed E-state index contributed by atoms with van der Waals surface area (Å²) in [4.78, 5) is 0. The molecule has 14 heavy (non-hydrogen) atoms. The van der Waals surface area contributed by atoms with Crippen LogP contribution in [0.5, 0.6) is 0 Å². The van der Waals surface area contributed by atoms with E-state index in [4.69, 9.17) is 0 Å². The van der Waals surface area contributed by atoms with Crippen LogP contribution in [0.3, 0.4) is 0 Å². The zero-order chi connectivity index (χ0) is 10.4. The van der Waals surface area contributed by atoms with Crippen LogP contribution >= 0.6 is 0 Å². The van der Waals surface area contributed by atoms with Gasteiger partial charge in [0.1, 0.15) is 0 Å². The zero-order valence-corrected chi connectivity index (χ0v) is 9.84. The molecule has 3 atom stereocenters. The highest BCUT2D eigenvalue weighted by Crippen LogP contribution is 2.57. The van der Waals surface area contributed by atoms with Gasteiger partial charge < -0.3 is 5.11 Å². The summed E-state index contributed by atoms with van der Waals surface area (Å²) >= 11 is 0. The normalized spacial score (nSPS) is 47.1. The van der Waals surface area contributed by atoms with Crippen LogP contribution in [0.1, 0.15) is 59.3 Å². The van der Waals surface area contributed by atoms with Gasteiger partial charge in [-0.3, -0.25) is 0 Å². The van der Waals surface area contributed by atoms with Gasteiger partial charge in [0.15, 0.2) is 0 Å². The van der Waals surface area contributed by atoms with Gasteiger partial charge in [-0.1, -0.05) is 33.6 Å². The Balaban J connectivity index is 2.28. The highest BCUT2D eigenvalue weighted by Gasteiger charge is 2.51. The van der Waals surface area contributed by atoms with E-state index in [1.54, 1.807) is 0 Å². The lowest BCUT2D eigenvalue weighted by atomic mass is 9.51. The van der Waals surface area contributed by atoms with E-state index in [2.05, 4.69) is 20.8 Å². The fraction of sp³-hybridized carbons (Fsp3) is 1.00. The first-order chi connectivity index (χ1) is 6.46. The van der Waals surface area contributed by atoms with Crippen molar-refractivity contribution in [3.05, 3.63) is 0 Å². The van der Waals surface area contributed by atoms with Crippen molar-refractivity contribution >= 4 is 0 Å². The van der Waals surface area contributed by atoms with Gasteiger partial charge in [0.2, 0.25) is 0 Å². The maximum atomic E-state index is 10.2. The molecule has 0 aromatic heterocycles. The van der Waals surface area contributed by atoms with Gasteiger partial charge in [-0.25, -0.2) is 0 Å². The number of aliphatic hydroxyl groups is 1. The molecular formula is C13H24O. The number of hydrogen-bond donors (Lipinski definition) is 1. The van der Waals surface area contributed by atoms with E-state index in [0.29, 0.717) is 16.7 Å². The van der Waals surface area contributed by atoms with Crippen LogP contribution < -0.4 is 0 Å². The molecule has 0 aromatic carbocycles. The third-order valence-corrected chi connectivity index (χ3v) is 4.79. The summed E-state index contributed by atoms with van der Waals surface area (Å²) in [6, 6.07) is 0. The second-order valence-electron chi connectivity index (χ2n) is 6.43. The van der Waals surface area contributed by atoms with Crippen LogP contribution in [-0.2, 0) is 0 Å². The minimum Gasteiger partial charge on any atom is -0.393 e. The lowest BCUT2D eigenvalue weighted by Gasteiger charge is -2.55. The van der Waals surface area contributed by atoms with Gasteiger partial charge in [-0.2, -0.15) is 0 Å². The molecule has 1 heteroatoms. The first-order valence-electron chi connectivity index (χ1n) is 6.14. The van der Waals surface area contributed by atoms with Gasteiger partial charge in [0.25, 0.3) is 0 Å². The Kier molecular flexibility index (Phi) is 2.42. The first-order valence-corrected chi connectivity index (χ1v) is 6.14. The molecule has 0 saturated heterocycles. The van der Waals surface area contributed by atoms with Crippen molar-refractivity contribution in [1.82, 2.24) is 0 Å². The van der Waals surface area contributed by atoms with E-state index in [9.17, 15) is 5.11 Å². The molecule has 82 valence electrons. The van der Waals surface area contributed by atoms with Crippen LogP contribution in [0.15, 0.2) is 0 Å². The number of aliphatic hydroxyl groups excluding tert-OH is 1. The standard InChI is InChI=1S/C13H24O/c1-12(2)7-5-9-13(3)8-4-6-10(14)11(12)13/h10-11,14H,4-9H2,1-3H3/t10?,11-,13-/m0/s1. The molecule has 0 amide bonds. The smallest absolute Gasteiger partial charge is 0.0578 e. The Hall–Kier alpha value is -0.0400. The summed E-state index contributed by atoms with van der Waals surface area (Å²) in [6.45, 7) is 7.11. The maximum Gasteiger partial charge on any atom is 0.0578 e. The average Bonchev–Trinajstić information content (AvgIpc) is 2.00. The molecule has 0 bridgehead atoms. The summed E-state index contributed by atoms with van der Waals surface area (Å²) in [5.41, 5.74) is 0.784. The molecule has 1 unspecified atom stereocenters. The molecule has 1 N–H and O–H groups in total. The SMILES string of the molecule is CC1(C)CCC[C@]2(C)CCCC(O)[C@@H]12. The zero-order valence-electron chi connectivity index (χ0n) is 9.84. The fourth-order valence-corrected chi connectivity index (χ4v) is 4.35. The van der Waals surface area contributed by atoms with Gasteiger partial charge in [0.05, 0.1) is 6.10 Å². The van der Waals surface area contributed by atoms with Crippen molar-refractivity contribution in [2.75, 3.05) is 0 Å². The molecule has 0 radical (unpaired) electrons. The Labute approximate surface area is 87.9 Å². The van der Waals surface area contributed by atoms with Crippen molar-refractivity contribution in [3.8, 4) is 0 Å². The Morgan fingerprint density at radius 1 is 1.00 bits per heavy atom. The van der Waals surface area contributed by atoms with E-state index in [1.165, 1.54) is 32.1 Å². The highest BCUT2D eigenvalue weighted by molar-refractivity contribution is 5.00. The van der Waals surface area contributed by atoms with Gasteiger partial charge in [-0.05, 0) is 42.4 Å². The van der Waals surface area contributed by atoms with E-state index in [0.717, 1.165) is 6.42 Å². The molecule has 2 rings (SSSR count). The monoisotopic (exact) mass is 196 g/mol. The summed E-state index contributed by atoms with van der Waals surface area (Å²) in [5, 5.41) is 10.2. The summed E-state index contributed by atoms with van der Waals surface area (Å²) < 4.78 is 0. The summed E-state index contributed by atoms with van der Waals surface area (Å²) in [7, 11) is 0. The second-order valence-corrected chi connectivity index (χ2v) is 6.43. The van der Waals surface area contributed by atoms with E-state index in [-0.39, 0.29) is 6.10 Å². The predicted octanol–water partition coefficient (Wildman–Crippen LogP) is 3.36. The van der Waals surface area contributed by atoms with Crippen LogP contribution in [-0.4, -0.2) is 11.2 Å². The quantitative estimate of drug-likeness (QED) is 0.630. The predicted molar refractivity (Wildman–Crippen MR) is 59.1 cm³/mol. The van der Waals surface area contributed by atoms with Crippen LogP contribution in [0.2, 0.25) is 0 Å². The molecule has 1 nitrogen and oxygen atoms in total. The molecule has 0 heterocycles. The molecule has 2 aliphatic carbocycles.